The molecule has 1 aliphatic heterocycles. The topological polar surface area (TPSA) is 102 Å². The number of piperidine rings is 1. The predicted molar refractivity (Wildman–Crippen MR) is 117 cm³/mol. The summed E-state index contributed by atoms with van der Waals surface area (Å²) in [6, 6.07) is 13.9. The molecular formula is C22H29N3O4S. The molecular weight excluding hydrogens is 402 g/mol. The second kappa shape index (κ2) is 8.75. The fourth-order valence-corrected chi connectivity index (χ4v) is 4.80. The zero-order valence-corrected chi connectivity index (χ0v) is 18.4. The third-order valence-electron chi connectivity index (χ3n) is 5.21. The molecule has 0 unspecified atom stereocenters. The van der Waals surface area contributed by atoms with Gasteiger partial charge < -0.3 is 15.8 Å². The third kappa shape index (κ3) is 5.00. The summed E-state index contributed by atoms with van der Waals surface area (Å²) in [6.45, 7) is 6.19. The van der Waals surface area contributed by atoms with Crippen molar-refractivity contribution in [3.05, 3.63) is 54.1 Å². The molecule has 1 amide bonds. The Bertz CT molecular complexity index is 978. The van der Waals surface area contributed by atoms with Crippen molar-refractivity contribution in [1.29, 1.82) is 0 Å². The van der Waals surface area contributed by atoms with Crippen LogP contribution >= 0.6 is 0 Å². The highest BCUT2D eigenvalue weighted by Gasteiger charge is 2.41. The van der Waals surface area contributed by atoms with Gasteiger partial charge in [0, 0.05) is 18.8 Å². The molecule has 3 rings (SSSR count). The summed E-state index contributed by atoms with van der Waals surface area (Å²) in [4.78, 5) is 13.0. The zero-order valence-electron chi connectivity index (χ0n) is 17.6. The van der Waals surface area contributed by atoms with Crippen LogP contribution in [0.15, 0.2) is 53.4 Å². The lowest BCUT2D eigenvalue weighted by atomic mass is 9.88. The molecule has 0 aromatic heterocycles. The van der Waals surface area contributed by atoms with E-state index < -0.39 is 15.6 Å². The minimum Gasteiger partial charge on any atom is -0.491 e. The van der Waals surface area contributed by atoms with Crippen molar-refractivity contribution in [2.45, 2.75) is 50.2 Å². The van der Waals surface area contributed by atoms with Gasteiger partial charge in [0.25, 0.3) is 0 Å². The number of rotatable bonds is 6. The molecule has 1 fully saturated rings. The first-order valence-electron chi connectivity index (χ1n) is 10.0. The van der Waals surface area contributed by atoms with Crippen LogP contribution in [0.4, 0.5) is 5.69 Å². The summed E-state index contributed by atoms with van der Waals surface area (Å²) in [5.41, 5.74) is 6.85. The first kappa shape index (κ1) is 22.3. The number of carbonyl (C=O) groups is 1. The summed E-state index contributed by atoms with van der Waals surface area (Å²) in [5.74, 6) is 0.410. The Morgan fingerprint density at radius 2 is 1.63 bits per heavy atom. The molecule has 30 heavy (non-hydrogen) atoms. The van der Waals surface area contributed by atoms with E-state index in [1.54, 1.807) is 48.5 Å². The third-order valence-corrected chi connectivity index (χ3v) is 7.12. The highest BCUT2D eigenvalue weighted by Crippen LogP contribution is 2.27. The normalized spacial score (nSPS) is 17.0. The Labute approximate surface area is 178 Å². The molecule has 0 radical (unpaired) electrons. The highest BCUT2D eigenvalue weighted by molar-refractivity contribution is 7.89. The van der Waals surface area contributed by atoms with Crippen molar-refractivity contribution < 1.29 is 17.9 Å². The van der Waals surface area contributed by atoms with Gasteiger partial charge in [-0.15, -0.1) is 0 Å². The first-order valence-corrected chi connectivity index (χ1v) is 11.5. The number of sulfonamides is 1. The number of nitrogens with two attached hydrogens (primary N) is 1. The monoisotopic (exact) mass is 431 g/mol. The quantitative estimate of drug-likeness (QED) is 0.732. The number of amides is 1. The molecule has 1 aliphatic rings. The molecule has 2 aromatic carbocycles. The maximum Gasteiger partial charge on any atom is 0.244 e. The number of nitrogens with zero attached hydrogens (tertiary/aromatic N) is 1. The second-order valence-corrected chi connectivity index (χ2v) is 9.96. The van der Waals surface area contributed by atoms with Gasteiger partial charge in [0.2, 0.25) is 15.9 Å². The van der Waals surface area contributed by atoms with Crippen LogP contribution in [-0.4, -0.2) is 43.4 Å². The van der Waals surface area contributed by atoms with Crippen molar-refractivity contribution in [2.75, 3.05) is 18.4 Å². The van der Waals surface area contributed by atoms with Gasteiger partial charge in [-0.3, -0.25) is 4.79 Å². The van der Waals surface area contributed by atoms with Crippen molar-refractivity contribution in [3.8, 4) is 5.75 Å². The number of anilines is 1. The molecule has 162 valence electrons. The van der Waals surface area contributed by atoms with Gasteiger partial charge in [-0.05, 0) is 70.0 Å². The number of benzene rings is 2. The average Bonchev–Trinajstić information content (AvgIpc) is 2.70. The van der Waals surface area contributed by atoms with Gasteiger partial charge in [0.15, 0.2) is 0 Å². The van der Waals surface area contributed by atoms with E-state index in [-0.39, 0.29) is 42.8 Å². The minimum absolute atomic E-state index is 0.0686. The van der Waals surface area contributed by atoms with Gasteiger partial charge in [0.05, 0.1) is 16.5 Å². The number of nitrogens with one attached hydrogen (secondary N) is 1. The number of hydrogen-bond acceptors (Lipinski definition) is 5. The Hall–Kier alpha value is -2.42. The van der Waals surface area contributed by atoms with Crippen molar-refractivity contribution in [1.82, 2.24) is 4.31 Å². The summed E-state index contributed by atoms with van der Waals surface area (Å²) >= 11 is 0. The maximum absolute atomic E-state index is 12.9. The van der Waals surface area contributed by atoms with E-state index in [1.807, 2.05) is 20.8 Å². The molecule has 1 heterocycles. The van der Waals surface area contributed by atoms with E-state index in [4.69, 9.17) is 10.5 Å². The van der Waals surface area contributed by atoms with Gasteiger partial charge in [-0.2, -0.15) is 4.31 Å². The maximum atomic E-state index is 12.9. The van der Waals surface area contributed by atoms with Crippen LogP contribution in [0.2, 0.25) is 0 Å². The molecule has 7 nitrogen and oxygen atoms in total. The van der Waals surface area contributed by atoms with E-state index in [9.17, 15) is 13.2 Å². The van der Waals surface area contributed by atoms with E-state index in [0.29, 0.717) is 5.69 Å². The molecule has 0 atom stereocenters. The minimum atomic E-state index is -3.60. The van der Waals surface area contributed by atoms with Gasteiger partial charge >= 0.3 is 0 Å². The summed E-state index contributed by atoms with van der Waals surface area (Å²) in [7, 11) is -3.60. The Balaban J connectivity index is 1.62. The molecule has 0 saturated carbocycles. The molecule has 1 saturated heterocycles. The second-order valence-electron chi connectivity index (χ2n) is 8.02. The Kier molecular flexibility index (Phi) is 6.50. The van der Waals surface area contributed by atoms with Gasteiger partial charge in [0.1, 0.15) is 5.75 Å². The van der Waals surface area contributed by atoms with Crippen molar-refractivity contribution >= 4 is 21.6 Å². The van der Waals surface area contributed by atoms with E-state index in [2.05, 4.69) is 5.32 Å². The van der Waals surface area contributed by atoms with Crippen LogP contribution < -0.4 is 15.8 Å². The van der Waals surface area contributed by atoms with Gasteiger partial charge in [-0.25, -0.2) is 8.42 Å². The lowest BCUT2D eigenvalue weighted by Gasteiger charge is -2.37. The molecule has 0 aliphatic carbocycles. The van der Waals surface area contributed by atoms with Crippen molar-refractivity contribution in [3.63, 3.8) is 0 Å². The average molecular weight is 432 g/mol. The van der Waals surface area contributed by atoms with Crippen LogP contribution in [-0.2, 0) is 14.8 Å². The number of ether oxygens (including phenoxy) is 1. The molecule has 0 bridgehead atoms. The molecule has 8 heteroatoms. The number of carbonyl (C=O) groups excluding carboxylic acids is 1. The number of hydrogen-bond donors (Lipinski definition) is 2. The smallest absolute Gasteiger partial charge is 0.244 e. The number of aryl methyl sites for hydroxylation is 1. The molecule has 2 aromatic rings. The summed E-state index contributed by atoms with van der Waals surface area (Å²) in [6.07, 6.45) is 0.566. The fourth-order valence-electron chi connectivity index (χ4n) is 3.36. The van der Waals surface area contributed by atoms with Crippen LogP contribution in [0.3, 0.4) is 0 Å². The van der Waals surface area contributed by atoms with Crippen molar-refractivity contribution in [2.24, 2.45) is 5.73 Å². The summed E-state index contributed by atoms with van der Waals surface area (Å²) in [5, 5.41) is 2.84. The van der Waals surface area contributed by atoms with Crippen LogP contribution in [0.5, 0.6) is 5.75 Å². The van der Waals surface area contributed by atoms with Crippen LogP contribution in [0, 0.1) is 6.92 Å². The SMILES string of the molecule is Cc1ccc(S(=O)(=O)N2CCC(N)(C(=O)Nc3ccc(OC(C)C)cc3)CC2)cc1. The lowest BCUT2D eigenvalue weighted by molar-refractivity contribution is -0.122. The molecule has 0 spiro atoms. The largest absolute Gasteiger partial charge is 0.491 e. The summed E-state index contributed by atoms with van der Waals surface area (Å²) < 4.78 is 32.7. The van der Waals surface area contributed by atoms with E-state index in [1.165, 1.54) is 4.31 Å². The Morgan fingerprint density at radius 1 is 1.07 bits per heavy atom. The molecule has 3 N–H and O–H groups in total. The van der Waals surface area contributed by atoms with Gasteiger partial charge in [-0.1, -0.05) is 17.7 Å². The fraction of sp³-hybridized carbons (Fsp3) is 0.409. The lowest BCUT2D eigenvalue weighted by Crippen LogP contribution is -2.58. The first-order chi connectivity index (χ1) is 14.1. The Morgan fingerprint density at radius 3 is 2.17 bits per heavy atom. The van der Waals surface area contributed by atoms with E-state index in [0.717, 1.165) is 11.3 Å². The van der Waals surface area contributed by atoms with E-state index >= 15 is 0 Å². The highest BCUT2D eigenvalue weighted by atomic mass is 32.2. The predicted octanol–water partition coefficient (Wildman–Crippen LogP) is 2.90. The van der Waals surface area contributed by atoms with Crippen LogP contribution in [0.25, 0.3) is 0 Å². The zero-order chi connectivity index (χ0) is 21.9. The van der Waals surface area contributed by atoms with Crippen LogP contribution in [0.1, 0.15) is 32.3 Å². The standard InChI is InChI=1S/C22H29N3O4S/c1-16(2)29-19-8-6-18(7-9-19)24-21(26)22(23)12-14-25(15-13-22)30(27,28)20-10-4-17(3)5-11-20/h4-11,16H,12-15,23H2,1-3H3,(H,24,26).